The maximum absolute atomic E-state index is 6.57. The largest absolute Gasteiger partial charge is 0.497 e. The van der Waals surface area contributed by atoms with Crippen molar-refractivity contribution in [3.63, 3.8) is 0 Å². The average Bonchev–Trinajstić information content (AvgIpc) is 3.34. The van der Waals surface area contributed by atoms with Gasteiger partial charge in [0.05, 0.1) is 18.5 Å². The van der Waals surface area contributed by atoms with Gasteiger partial charge in [0.15, 0.2) is 11.9 Å². The highest BCUT2D eigenvalue weighted by molar-refractivity contribution is 5.68. The van der Waals surface area contributed by atoms with Crippen molar-refractivity contribution < 1.29 is 28.7 Å². The summed E-state index contributed by atoms with van der Waals surface area (Å²) >= 11 is 0. The summed E-state index contributed by atoms with van der Waals surface area (Å²) < 4.78 is 24.7. The van der Waals surface area contributed by atoms with Crippen LogP contribution < -0.4 is 9.47 Å². The van der Waals surface area contributed by atoms with Crippen molar-refractivity contribution in [3.8, 4) is 34.0 Å². The fourth-order valence-corrected chi connectivity index (χ4v) is 7.23. The van der Waals surface area contributed by atoms with Gasteiger partial charge in [-0.1, -0.05) is 13.8 Å². The molecule has 8 nitrogen and oxygen atoms in total. The second-order valence-corrected chi connectivity index (χ2v) is 11.8. The number of methoxy groups -OCH3 is 1. The van der Waals surface area contributed by atoms with E-state index >= 15 is 0 Å². The van der Waals surface area contributed by atoms with Crippen LogP contribution in [-0.4, -0.2) is 41.3 Å². The lowest BCUT2D eigenvalue weighted by Gasteiger charge is -2.60. The van der Waals surface area contributed by atoms with Crippen molar-refractivity contribution in [2.45, 2.75) is 70.4 Å². The number of nitrogens with zero attached hydrogens (tertiary/aromatic N) is 1. The van der Waals surface area contributed by atoms with Crippen LogP contribution in [0.25, 0.3) is 22.5 Å². The molecule has 0 radical (unpaired) electrons. The SMILES string of the molecule is COc1ccc(-c2cc(-c3ccc(O[C@H]4O[C@@H]5O[C@@]6(C)CC[C@H]7[C@H](C)CC[C@@H]([C@H]4C)[C@@]57OO6)cc3)[nH]n2)cc1. The zero-order valence-corrected chi connectivity index (χ0v) is 22.9. The monoisotopic (exact) mass is 532 g/mol. The molecule has 4 aliphatic heterocycles. The van der Waals surface area contributed by atoms with Gasteiger partial charge in [0.25, 0.3) is 0 Å². The first-order valence-electron chi connectivity index (χ1n) is 14.1. The first-order valence-corrected chi connectivity index (χ1v) is 14.1. The molecule has 3 aromatic rings. The molecule has 8 rings (SSSR count). The van der Waals surface area contributed by atoms with Crippen molar-refractivity contribution in [1.82, 2.24) is 10.2 Å². The molecule has 0 amide bonds. The summed E-state index contributed by atoms with van der Waals surface area (Å²) in [6.07, 6.45) is 3.06. The smallest absolute Gasteiger partial charge is 0.205 e. The number of hydrogen-bond donors (Lipinski definition) is 1. The van der Waals surface area contributed by atoms with E-state index in [1.807, 2.05) is 61.5 Å². The van der Waals surface area contributed by atoms with Crippen molar-refractivity contribution in [2.24, 2.45) is 23.7 Å². The quantitative estimate of drug-likeness (QED) is 0.384. The van der Waals surface area contributed by atoms with Gasteiger partial charge in [0, 0.05) is 23.8 Å². The Morgan fingerprint density at radius 2 is 1.64 bits per heavy atom. The molecule has 5 aliphatic rings. The molecule has 8 atom stereocenters. The maximum Gasteiger partial charge on any atom is 0.205 e. The highest BCUT2D eigenvalue weighted by atomic mass is 17.3. The lowest BCUT2D eigenvalue weighted by molar-refractivity contribution is -0.575. The first kappa shape index (κ1) is 25.1. The van der Waals surface area contributed by atoms with E-state index in [-0.39, 0.29) is 11.8 Å². The molecule has 0 unspecified atom stereocenters. The molecule has 1 spiro atoms. The van der Waals surface area contributed by atoms with Gasteiger partial charge >= 0.3 is 0 Å². The fraction of sp³-hybridized carbons (Fsp3) is 0.516. The minimum atomic E-state index is -0.793. The van der Waals surface area contributed by atoms with Crippen molar-refractivity contribution in [2.75, 3.05) is 7.11 Å². The number of aromatic amines is 1. The number of benzene rings is 2. The van der Waals surface area contributed by atoms with Crippen LogP contribution in [0, 0.1) is 23.7 Å². The molecular weight excluding hydrogens is 496 g/mol. The third kappa shape index (κ3) is 4.08. The molecule has 1 N–H and O–H groups in total. The van der Waals surface area contributed by atoms with E-state index in [2.05, 4.69) is 24.0 Å². The zero-order chi connectivity index (χ0) is 26.8. The first-order chi connectivity index (χ1) is 18.9. The number of ether oxygens (including phenoxy) is 4. The van der Waals surface area contributed by atoms with Crippen LogP contribution in [0.5, 0.6) is 11.5 Å². The zero-order valence-electron chi connectivity index (χ0n) is 22.9. The lowest BCUT2D eigenvalue weighted by atomic mass is 9.58. The van der Waals surface area contributed by atoms with Crippen molar-refractivity contribution in [3.05, 3.63) is 54.6 Å². The van der Waals surface area contributed by atoms with Crippen LogP contribution >= 0.6 is 0 Å². The molecule has 2 aromatic carbocycles. The van der Waals surface area contributed by atoms with Gasteiger partial charge in [-0.05, 0) is 98.2 Å². The molecule has 206 valence electrons. The molecule has 1 saturated carbocycles. The van der Waals surface area contributed by atoms with E-state index in [1.165, 1.54) is 6.42 Å². The van der Waals surface area contributed by atoms with Crippen molar-refractivity contribution in [1.29, 1.82) is 0 Å². The normalized spacial score (nSPS) is 37.1. The lowest BCUT2D eigenvalue weighted by Crippen LogP contribution is -2.70. The number of H-pyrrole nitrogens is 1. The molecule has 8 heteroatoms. The summed E-state index contributed by atoms with van der Waals surface area (Å²) in [6, 6.07) is 18.0. The summed E-state index contributed by atoms with van der Waals surface area (Å²) in [4.78, 5) is 12.2. The number of rotatable bonds is 5. The van der Waals surface area contributed by atoms with Crippen LogP contribution in [0.1, 0.15) is 46.5 Å². The number of fused-ring (bicyclic) bond motifs is 2. The third-order valence-electron chi connectivity index (χ3n) is 9.48. The molecule has 4 saturated heterocycles. The summed E-state index contributed by atoms with van der Waals surface area (Å²) in [7, 11) is 1.66. The predicted octanol–water partition coefficient (Wildman–Crippen LogP) is 6.34. The van der Waals surface area contributed by atoms with Gasteiger partial charge in [-0.2, -0.15) is 5.10 Å². The standard InChI is InChI=1S/C31H36N2O6/c1-18-5-14-25-19(2)28(36-29-31(25)24(18)15-16-30(3,37-29)38-39-31)35-23-12-8-21(9-13-23)27-17-26(32-33-27)20-6-10-22(34-4)11-7-20/h6-13,17-19,24-25,28-29H,5,14-16H2,1-4H3,(H,32,33)/t18-,19-,24+,25+,28+,29-,30-,31-/m1/s1. The predicted molar refractivity (Wildman–Crippen MR) is 143 cm³/mol. The van der Waals surface area contributed by atoms with Crippen LogP contribution in [0.4, 0.5) is 0 Å². The Bertz CT molecular complexity index is 1330. The Kier molecular flexibility index (Phi) is 6.00. The van der Waals surface area contributed by atoms with Gasteiger partial charge in [-0.15, -0.1) is 0 Å². The molecule has 1 aliphatic carbocycles. The number of aromatic nitrogens is 2. The highest BCUT2D eigenvalue weighted by Crippen LogP contribution is 2.60. The van der Waals surface area contributed by atoms with Crippen LogP contribution in [-0.2, 0) is 19.2 Å². The Morgan fingerprint density at radius 1 is 0.897 bits per heavy atom. The van der Waals surface area contributed by atoms with Crippen LogP contribution in [0.2, 0.25) is 0 Å². The van der Waals surface area contributed by atoms with E-state index in [1.54, 1.807) is 7.11 Å². The molecule has 5 heterocycles. The molecule has 39 heavy (non-hydrogen) atoms. The summed E-state index contributed by atoms with van der Waals surface area (Å²) in [5, 5.41) is 7.65. The summed E-state index contributed by atoms with van der Waals surface area (Å²) in [5.74, 6) is 2.00. The topological polar surface area (TPSA) is 84.1 Å². The van der Waals surface area contributed by atoms with E-state index in [4.69, 9.17) is 28.7 Å². The van der Waals surface area contributed by atoms with E-state index in [0.29, 0.717) is 11.8 Å². The maximum atomic E-state index is 6.57. The molecule has 5 fully saturated rings. The number of nitrogens with one attached hydrogen (secondary N) is 1. The Balaban J connectivity index is 1.09. The van der Waals surface area contributed by atoms with Gasteiger partial charge in [-0.3, -0.25) is 5.10 Å². The van der Waals surface area contributed by atoms with Gasteiger partial charge in [0.2, 0.25) is 12.1 Å². The van der Waals surface area contributed by atoms with Crippen LogP contribution in [0.15, 0.2) is 54.6 Å². The Hall–Kier alpha value is -2.91. The second kappa shape index (κ2) is 9.34. The van der Waals surface area contributed by atoms with E-state index in [9.17, 15) is 0 Å². The molecular formula is C31H36N2O6. The minimum absolute atomic E-state index is 0.116. The van der Waals surface area contributed by atoms with E-state index in [0.717, 1.165) is 53.3 Å². The fourth-order valence-electron chi connectivity index (χ4n) is 7.23. The van der Waals surface area contributed by atoms with E-state index < -0.39 is 24.0 Å². The van der Waals surface area contributed by atoms with Crippen LogP contribution in [0.3, 0.4) is 0 Å². The number of hydrogen-bond acceptors (Lipinski definition) is 7. The Labute approximate surface area is 228 Å². The molecule has 1 aromatic heterocycles. The Morgan fingerprint density at radius 3 is 2.41 bits per heavy atom. The van der Waals surface area contributed by atoms with Gasteiger partial charge in [0.1, 0.15) is 11.5 Å². The van der Waals surface area contributed by atoms with Crippen molar-refractivity contribution >= 4 is 0 Å². The molecule has 2 bridgehead atoms. The minimum Gasteiger partial charge on any atom is -0.497 e. The highest BCUT2D eigenvalue weighted by Gasteiger charge is 2.69. The summed E-state index contributed by atoms with van der Waals surface area (Å²) in [5.41, 5.74) is 3.28. The third-order valence-corrected chi connectivity index (χ3v) is 9.48. The second-order valence-electron chi connectivity index (χ2n) is 11.8. The average molecular weight is 533 g/mol. The van der Waals surface area contributed by atoms with Gasteiger partial charge in [-0.25, -0.2) is 9.78 Å². The van der Waals surface area contributed by atoms with Gasteiger partial charge < -0.3 is 18.9 Å². The summed E-state index contributed by atoms with van der Waals surface area (Å²) in [6.45, 7) is 6.48.